The maximum atomic E-state index is 4.60. The highest BCUT2D eigenvalue weighted by atomic mass is 15.1. The molecule has 0 radical (unpaired) electrons. The van der Waals surface area contributed by atoms with E-state index in [0.717, 1.165) is 25.3 Å². The van der Waals surface area contributed by atoms with Crippen LogP contribution in [0.25, 0.3) is 0 Å². The Morgan fingerprint density at radius 2 is 2.46 bits per heavy atom. The van der Waals surface area contributed by atoms with Gasteiger partial charge in [0.2, 0.25) is 0 Å². The number of fused-ring (bicyclic) bond motifs is 2. The van der Waals surface area contributed by atoms with Crippen molar-refractivity contribution in [1.82, 2.24) is 10.2 Å². The average molecular weight is 175 g/mol. The number of aromatic nitrogens is 2. The fourth-order valence-electron chi connectivity index (χ4n) is 2.39. The molecule has 3 nitrogen and oxygen atoms in total. The van der Waals surface area contributed by atoms with Crippen molar-refractivity contribution in [1.29, 1.82) is 0 Å². The van der Waals surface area contributed by atoms with E-state index in [1.807, 2.05) is 6.20 Å². The molecule has 0 saturated heterocycles. The van der Waals surface area contributed by atoms with E-state index >= 15 is 0 Å². The van der Waals surface area contributed by atoms with Crippen LogP contribution in [0.3, 0.4) is 0 Å². The molecule has 0 bridgehead atoms. The quantitative estimate of drug-likeness (QED) is 0.635. The molecular weight excluding hydrogens is 162 g/mol. The molecule has 1 aromatic rings. The molecule has 13 heavy (non-hydrogen) atoms. The lowest BCUT2D eigenvalue weighted by molar-refractivity contribution is 0.545. The number of nitrogens with one attached hydrogen (secondary N) is 1. The van der Waals surface area contributed by atoms with Crippen molar-refractivity contribution in [2.24, 2.45) is 10.9 Å². The summed E-state index contributed by atoms with van der Waals surface area (Å²) in [5, 5.41) is 7.14. The molecule has 1 N–H and O–H groups in total. The van der Waals surface area contributed by atoms with Gasteiger partial charge >= 0.3 is 0 Å². The van der Waals surface area contributed by atoms with E-state index < -0.39 is 0 Å². The van der Waals surface area contributed by atoms with Gasteiger partial charge in [0.15, 0.2) is 0 Å². The predicted octanol–water partition coefficient (Wildman–Crippen LogP) is 1.36. The van der Waals surface area contributed by atoms with Crippen molar-refractivity contribution in [2.75, 3.05) is 6.54 Å². The van der Waals surface area contributed by atoms with Gasteiger partial charge in [0.1, 0.15) is 0 Å². The average Bonchev–Trinajstić information content (AvgIpc) is 2.61. The second-order valence-corrected chi connectivity index (χ2v) is 3.97. The first-order valence-electron chi connectivity index (χ1n) is 4.98. The highest BCUT2D eigenvalue weighted by Crippen LogP contribution is 2.27. The maximum Gasteiger partial charge on any atom is 0.0522 e. The van der Waals surface area contributed by atoms with Gasteiger partial charge in [-0.2, -0.15) is 5.10 Å². The minimum Gasteiger partial charge on any atom is -0.293 e. The summed E-state index contributed by atoms with van der Waals surface area (Å²) in [7, 11) is 0. The molecule has 0 aromatic carbocycles. The number of aromatic amines is 1. The summed E-state index contributed by atoms with van der Waals surface area (Å²) in [5.41, 5.74) is 4.10. The van der Waals surface area contributed by atoms with Crippen LogP contribution in [0.5, 0.6) is 0 Å². The monoisotopic (exact) mass is 175 g/mol. The third kappa shape index (κ3) is 1.10. The van der Waals surface area contributed by atoms with E-state index in [2.05, 4.69) is 15.2 Å². The Kier molecular flexibility index (Phi) is 1.51. The van der Waals surface area contributed by atoms with Crippen LogP contribution in [0.15, 0.2) is 11.2 Å². The van der Waals surface area contributed by atoms with Crippen molar-refractivity contribution < 1.29 is 0 Å². The number of hydrogen-bond donors (Lipinski definition) is 1. The molecule has 1 aromatic heterocycles. The Hall–Kier alpha value is -1.12. The highest BCUT2D eigenvalue weighted by molar-refractivity contribution is 5.90. The van der Waals surface area contributed by atoms with Crippen LogP contribution >= 0.6 is 0 Å². The van der Waals surface area contributed by atoms with E-state index in [1.54, 1.807) is 0 Å². The summed E-state index contributed by atoms with van der Waals surface area (Å²) in [6, 6.07) is 0. The second kappa shape index (κ2) is 2.69. The highest BCUT2D eigenvalue weighted by Gasteiger charge is 2.26. The maximum absolute atomic E-state index is 4.60. The van der Waals surface area contributed by atoms with E-state index in [0.29, 0.717) is 0 Å². The molecule has 2 aliphatic rings. The summed E-state index contributed by atoms with van der Waals surface area (Å²) >= 11 is 0. The summed E-state index contributed by atoms with van der Waals surface area (Å²) in [4.78, 5) is 4.60. The zero-order chi connectivity index (χ0) is 8.67. The SMILES string of the molecule is c1n[nH]c2c1CC1CCCN=C1C2. The van der Waals surface area contributed by atoms with Crippen LogP contribution in [0, 0.1) is 5.92 Å². The van der Waals surface area contributed by atoms with E-state index in [-0.39, 0.29) is 0 Å². The Labute approximate surface area is 77.3 Å². The van der Waals surface area contributed by atoms with Gasteiger partial charge in [0, 0.05) is 30.3 Å². The van der Waals surface area contributed by atoms with Crippen LogP contribution in [-0.4, -0.2) is 22.5 Å². The molecule has 1 atom stereocenters. The van der Waals surface area contributed by atoms with E-state index in [1.165, 1.54) is 29.8 Å². The van der Waals surface area contributed by atoms with Crippen LogP contribution in [0.1, 0.15) is 24.1 Å². The summed E-state index contributed by atoms with van der Waals surface area (Å²) < 4.78 is 0. The predicted molar refractivity (Wildman–Crippen MR) is 51.0 cm³/mol. The van der Waals surface area contributed by atoms with Crippen molar-refractivity contribution in [2.45, 2.75) is 25.7 Å². The van der Waals surface area contributed by atoms with Gasteiger partial charge in [0.25, 0.3) is 0 Å². The Morgan fingerprint density at radius 3 is 3.46 bits per heavy atom. The molecule has 1 unspecified atom stereocenters. The van der Waals surface area contributed by atoms with Gasteiger partial charge in [-0.05, 0) is 24.8 Å². The lowest BCUT2D eigenvalue weighted by Crippen LogP contribution is -2.28. The third-order valence-corrected chi connectivity index (χ3v) is 3.13. The normalized spacial score (nSPS) is 26.2. The van der Waals surface area contributed by atoms with Gasteiger partial charge in [-0.3, -0.25) is 10.1 Å². The van der Waals surface area contributed by atoms with Gasteiger partial charge in [-0.15, -0.1) is 0 Å². The van der Waals surface area contributed by atoms with Gasteiger partial charge in [0.05, 0.1) is 6.20 Å². The van der Waals surface area contributed by atoms with E-state index in [4.69, 9.17) is 0 Å². The number of rotatable bonds is 0. The van der Waals surface area contributed by atoms with Crippen LogP contribution in [-0.2, 0) is 12.8 Å². The first-order valence-corrected chi connectivity index (χ1v) is 4.98. The summed E-state index contributed by atoms with van der Waals surface area (Å²) in [6.45, 7) is 1.04. The number of aliphatic imine (C=N–C) groups is 1. The van der Waals surface area contributed by atoms with Gasteiger partial charge in [-0.25, -0.2) is 0 Å². The number of hydrogen-bond acceptors (Lipinski definition) is 2. The van der Waals surface area contributed by atoms with Crippen molar-refractivity contribution in [3.8, 4) is 0 Å². The third-order valence-electron chi connectivity index (χ3n) is 3.13. The number of nitrogens with zero attached hydrogens (tertiary/aromatic N) is 2. The molecule has 0 amide bonds. The molecule has 0 spiro atoms. The van der Waals surface area contributed by atoms with Gasteiger partial charge in [-0.1, -0.05) is 0 Å². The standard InChI is InChI=1S/C10H13N3/c1-2-7-4-8-6-12-13-10(8)5-9(7)11-3-1/h6-7H,1-5H2,(H,12,13). The molecule has 68 valence electrons. The minimum atomic E-state index is 0.721. The Bertz CT molecular complexity index is 351. The lowest BCUT2D eigenvalue weighted by Gasteiger charge is -2.27. The van der Waals surface area contributed by atoms with Crippen molar-refractivity contribution in [3.05, 3.63) is 17.5 Å². The summed E-state index contributed by atoms with van der Waals surface area (Å²) in [6.07, 6.45) is 6.73. The zero-order valence-corrected chi connectivity index (χ0v) is 7.58. The molecule has 3 heteroatoms. The second-order valence-electron chi connectivity index (χ2n) is 3.97. The first kappa shape index (κ1) is 7.30. The van der Waals surface area contributed by atoms with E-state index in [9.17, 15) is 0 Å². The number of H-pyrrole nitrogens is 1. The molecule has 1 aliphatic carbocycles. The molecule has 3 rings (SSSR count). The minimum absolute atomic E-state index is 0.721. The van der Waals surface area contributed by atoms with Crippen molar-refractivity contribution in [3.63, 3.8) is 0 Å². The Morgan fingerprint density at radius 1 is 1.46 bits per heavy atom. The lowest BCUT2D eigenvalue weighted by atomic mass is 9.82. The van der Waals surface area contributed by atoms with Crippen LogP contribution in [0.4, 0.5) is 0 Å². The molecular formula is C10H13N3. The molecule has 1 aliphatic heterocycles. The first-order chi connectivity index (χ1) is 6.43. The van der Waals surface area contributed by atoms with Gasteiger partial charge < -0.3 is 0 Å². The zero-order valence-electron chi connectivity index (χ0n) is 7.58. The van der Waals surface area contributed by atoms with Crippen LogP contribution in [0.2, 0.25) is 0 Å². The molecule has 0 fully saturated rings. The molecule has 0 saturated carbocycles. The van der Waals surface area contributed by atoms with Crippen molar-refractivity contribution >= 4 is 5.71 Å². The van der Waals surface area contributed by atoms with Crippen LogP contribution < -0.4 is 0 Å². The smallest absolute Gasteiger partial charge is 0.0522 e. The summed E-state index contributed by atoms with van der Waals surface area (Å²) in [5.74, 6) is 0.721. The fraction of sp³-hybridized carbons (Fsp3) is 0.600. The molecule has 2 heterocycles. The Balaban J connectivity index is 1.99. The topological polar surface area (TPSA) is 41.0 Å². The fourth-order valence-corrected chi connectivity index (χ4v) is 2.39. The largest absolute Gasteiger partial charge is 0.293 e.